The maximum absolute atomic E-state index is 12.4. The minimum atomic E-state index is -4.36. The number of aromatic nitrogens is 2. The van der Waals surface area contributed by atoms with E-state index in [-0.39, 0.29) is 13.2 Å². The summed E-state index contributed by atoms with van der Waals surface area (Å²) < 4.78 is 38.3. The van der Waals surface area contributed by atoms with Crippen molar-refractivity contribution in [3.63, 3.8) is 0 Å². The highest BCUT2D eigenvalue weighted by Gasteiger charge is 2.32. The lowest BCUT2D eigenvalue weighted by atomic mass is 10.1. The van der Waals surface area contributed by atoms with Crippen LogP contribution in [-0.4, -0.2) is 14.9 Å². The molecule has 0 aliphatic carbocycles. The quantitative estimate of drug-likeness (QED) is 0.916. The van der Waals surface area contributed by atoms with Crippen molar-refractivity contribution in [1.29, 1.82) is 0 Å². The Morgan fingerprint density at radius 2 is 1.72 bits per heavy atom. The summed E-state index contributed by atoms with van der Waals surface area (Å²) in [5, 5.41) is 12.5. The van der Waals surface area contributed by atoms with Crippen LogP contribution in [0.3, 0.4) is 0 Å². The smallest absolute Gasteiger partial charge is 0.392 e. The number of hydrogen-bond donors (Lipinski definition) is 1. The van der Waals surface area contributed by atoms with Crippen molar-refractivity contribution in [2.75, 3.05) is 0 Å². The van der Waals surface area contributed by atoms with E-state index in [2.05, 4.69) is 5.10 Å². The number of nitrogens with zero attached hydrogens (tertiary/aromatic N) is 2. The van der Waals surface area contributed by atoms with Crippen LogP contribution >= 0.6 is 0 Å². The number of aliphatic hydroxyl groups excluding tert-OH is 1. The minimum Gasteiger partial charge on any atom is -0.392 e. The standard InChI is InChI=1S/C12H11F3N2O/c13-12(14,15)11-5-16-17(7-11)6-9-1-3-10(8-18)4-2-9/h1-5,7,18H,6,8H2. The highest BCUT2D eigenvalue weighted by Crippen LogP contribution is 2.28. The van der Waals surface area contributed by atoms with E-state index in [1.165, 1.54) is 4.68 Å². The molecule has 0 saturated heterocycles. The first-order chi connectivity index (χ1) is 8.49. The first kappa shape index (κ1) is 12.6. The molecule has 2 aromatic rings. The van der Waals surface area contributed by atoms with Crippen LogP contribution in [-0.2, 0) is 19.3 Å². The Morgan fingerprint density at radius 1 is 1.11 bits per heavy atom. The van der Waals surface area contributed by atoms with Crippen molar-refractivity contribution in [3.8, 4) is 0 Å². The van der Waals surface area contributed by atoms with Crippen LogP contribution in [0.1, 0.15) is 16.7 Å². The van der Waals surface area contributed by atoms with Gasteiger partial charge in [-0.05, 0) is 11.1 Å². The van der Waals surface area contributed by atoms with E-state index in [1.54, 1.807) is 24.3 Å². The van der Waals surface area contributed by atoms with E-state index >= 15 is 0 Å². The third-order valence-electron chi connectivity index (χ3n) is 2.51. The summed E-state index contributed by atoms with van der Waals surface area (Å²) in [6.07, 6.45) is -2.58. The predicted octanol–water partition coefficient (Wildman–Crippen LogP) is 2.44. The van der Waals surface area contributed by atoms with Gasteiger partial charge in [0, 0.05) is 6.20 Å². The highest BCUT2D eigenvalue weighted by molar-refractivity contribution is 5.22. The topological polar surface area (TPSA) is 38.0 Å². The van der Waals surface area contributed by atoms with E-state index in [0.29, 0.717) is 0 Å². The van der Waals surface area contributed by atoms with Gasteiger partial charge in [0.2, 0.25) is 0 Å². The molecule has 1 aromatic heterocycles. The first-order valence-corrected chi connectivity index (χ1v) is 5.27. The minimum absolute atomic E-state index is 0.0553. The molecule has 6 heteroatoms. The summed E-state index contributed by atoms with van der Waals surface area (Å²) in [6.45, 7) is 0.210. The van der Waals surface area contributed by atoms with Crippen LogP contribution < -0.4 is 0 Å². The zero-order chi connectivity index (χ0) is 13.2. The monoisotopic (exact) mass is 256 g/mol. The van der Waals surface area contributed by atoms with E-state index < -0.39 is 11.7 Å². The Labute approximate surface area is 101 Å². The Hall–Kier alpha value is -1.82. The second kappa shape index (κ2) is 4.81. The van der Waals surface area contributed by atoms with Gasteiger partial charge in [-0.25, -0.2) is 0 Å². The summed E-state index contributed by atoms with van der Waals surface area (Å²) >= 11 is 0. The fraction of sp³-hybridized carbons (Fsp3) is 0.250. The summed E-state index contributed by atoms with van der Waals surface area (Å²) in [6, 6.07) is 6.95. The van der Waals surface area contributed by atoms with Crippen molar-refractivity contribution in [3.05, 3.63) is 53.3 Å². The third-order valence-corrected chi connectivity index (χ3v) is 2.51. The van der Waals surface area contributed by atoms with E-state index in [0.717, 1.165) is 23.5 Å². The van der Waals surface area contributed by atoms with Crippen LogP contribution in [0.25, 0.3) is 0 Å². The molecule has 2 rings (SSSR count). The van der Waals surface area contributed by atoms with Gasteiger partial charge >= 0.3 is 6.18 Å². The molecule has 0 spiro atoms. The van der Waals surface area contributed by atoms with Crippen molar-refractivity contribution in [2.45, 2.75) is 19.3 Å². The molecule has 0 unspecified atom stereocenters. The lowest BCUT2D eigenvalue weighted by Crippen LogP contribution is -2.04. The van der Waals surface area contributed by atoms with Crippen molar-refractivity contribution < 1.29 is 18.3 Å². The number of benzene rings is 1. The van der Waals surface area contributed by atoms with Crippen LogP contribution in [0.5, 0.6) is 0 Å². The van der Waals surface area contributed by atoms with Crippen LogP contribution in [0.4, 0.5) is 13.2 Å². The number of hydrogen-bond acceptors (Lipinski definition) is 2. The molecule has 0 aliphatic heterocycles. The molecule has 96 valence electrons. The predicted molar refractivity (Wildman–Crippen MR) is 58.7 cm³/mol. The third kappa shape index (κ3) is 2.89. The fourth-order valence-corrected chi connectivity index (χ4v) is 1.53. The first-order valence-electron chi connectivity index (χ1n) is 5.27. The highest BCUT2D eigenvalue weighted by atomic mass is 19.4. The Morgan fingerprint density at radius 3 is 2.22 bits per heavy atom. The zero-order valence-electron chi connectivity index (χ0n) is 9.35. The average molecular weight is 256 g/mol. The molecule has 18 heavy (non-hydrogen) atoms. The molecule has 1 heterocycles. The van der Waals surface area contributed by atoms with Gasteiger partial charge < -0.3 is 5.11 Å². The van der Waals surface area contributed by atoms with Gasteiger partial charge in [0.05, 0.1) is 24.9 Å². The summed E-state index contributed by atoms with van der Waals surface area (Å²) in [5.74, 6) is 0. The van der Waals surface area contributed by atoms with E-state index in [9.17, 15) is 13.2 Å². The molecule has 1 aromatic carbocycles. The van der Waals surface area contributed by atoms with Gasteiger partial charge in [0.1, 0.15) is 0 Å². The molecule has 0 amide bonds. The average Bonchev–Trinajstić information content (AvgIpc) is 2.78. The van der Waals surface area contributed by atoms with E-state index in [4.69, 9.17) is 5.11 Å². The molecule has 0 bridgehead atoms. The Balaban J connectivity index is 2.11. The van der Waals surface area contributed by atoms with Crippen LogP contribution in [0.2, 0.25) is 0 Å². The summed E-state index contributed by atoms with van der Waals surface area (Å²) in [5.41, 5.74) is 0.827. The maximum Gasteiger partial charge on any atom is 0.419 e. The Kier molecular flexibility index (Phi) is 3.38. The zero-order valence-corrected chi connectivity index (χ0v) is 9.35. The number of halogens is 3. The molecule has 1 N–H and O–H groups in total. The molecule has 0 atom stereocenters. The van der Waals surface area contributed by atoms with Gasteiger partial charge in [-0.1, -0.05) is 24.3 Å². The van der Waals surface area contributed by atoms with Gasteiger partial charge in [-0.3, -0.25) is 4.68 Å². The molecule has 0 saturated carbocycles. The molecular formula is C12H11F3N2O. The van der Waals surface area contributed by atoms with Crippen molar-refractivity contribution in [2.24, 2.45) is 0 Å². The number of aliphatic hydroxyl groups is 1. The molecule has 0 radical (unpaired) electrons. The lowest BCUT2D eigenvalue weighted by molar-refractivity contribution is -0.137. The normalized spacial score (nSPS) is 11.8. The van der Waals surface area contributed by atoms with Crippen molar-refractivity contribution >= 4 is 0 Å². The van der Waals surface area contributed by atoms with Crippen molar-refractivity contribution in [1.82, 2.24) is 9.78 Å². The van der Waals surface area contributed by atoms with Crippen LogP contribution in [0.15, 0.2) is 36.7 Å². The van der Waals surface area contributed by atoms with E-state index in [1.807, 2.05) is 0 Å². The summed E-state index contributed by atoms with van der Waals surface area (Å²) in [4.78, 5) is 0. The molecule has 0 aliphatic rings. The molecular weight excluding hydrogens is 245 g/mol. The van der Waals surface area contributed by atoms with Gasteiger partial charge in [-0.2, -0.15) is 18.3 Å². The Bertz CT molecular complexity index is 517. The molecule has 0 fully saturated rings. The molecule has 3 nitrogen and oxygen atoms in total. The maximum atomic E-state index is 12.4. The largest absolute Gasteiger partial charge is 0.419 e. The fourth-order valence-electron chi connectivity index (χ4n) is 1.53. The van der Waals surface area contributed by atoms with Gasteiger partial charge in [0.25, 0.3) is 0 Å². The second-order valence-electron chi connectivity index (χ2n) is 3.90. The van der Waals surface area contributed by atoms with Gasteiger partial charge in [0.15, 0.2) is 0 Å². The second-order valence-corrected chi connectivity index (χ2v) is 3.90. The number of alkyl halides is 3. The SMILES string of the molecule is OCc1ccc(Cn2cc(C(F)(F)F)cn2)cc1. The van der Waals surface area contributed by atoms with Gasteiger partial charge in [-0.15, -0.1) is 0 Å². The number of rotatable bonds is 3. The lowest BCUT2D eigenvalue weighted by Gasteiger charge is -2.03. The van der Waals surface area contributed by atoms with Crippen LogP contribution in [0, 0.1) is 0 Å². The summed E-state index contributed by atoms with van der Waals surface area (Å²) in [7, 11) is 0.